The van der Waals surface area contributed by atoms with Crippen molar-refractivity contribution in [2.24, 2.45) is 0 Å². The lowest BCUT2D eigenvalue weighted by molar-refractivity contribution is -0.117. The molecule has 1 atom stereocenters. The molecule has 1 heterocycles. The summed E-state index contributed by atoms with van der Waals surface area (Å²) in [5.41, 5.74) is 2.20. The molecule has 5 heteroatoms. The first kappa shape index (κ1) is 16.9. The Morgan fingerprint density at radius 1 is 1.04 bits per heavy atom. The molecule has 1 aliphatic rings. The molecule has 0 aromatic heterocycles. The van der Waals surface area contributed by atoms with E-state index in [0.29, 0.717) is 16.8 Å². The van der Waals surface area contributed by atoms with Gasteiger partial charge in [0.05, 0.1) is 17.0 Å². The van der Waals surface area contributed by atoms with Crippen LogP contribution in [0, 0.1) is 0 Å². The largest absolute Gasteiger partial charge is 0.326 e. The van der Waals surface area contributed by atoms with Crippen molar-refractivity contribution in [2.45, 2.75) is 25.7 Å². The van der Waals surface area contributed by atoms with Gasteiger partial charge in [0.25, 0.3) is 11.8 Å². The molecule has 3 amide bonds. The van der Waals surface area contributed by atoms with E-state index in [1.165, 1.54) is 7.05 Å². The first-order valence-electron chi connectivity index (χ1n) is 8.35. The molecule has 0 radical (unpaired) electrons. The van der Waals surface area contributed by atoms with Gasteiger partial charge in [-0.1, -0.05) is 43.7 Å². The summed E-state index contributed by atoms with van der Waals surface area (Å²) in [5, 5.41) is 2.88. The lowest BCUT2D eigenvalue weighted by Crippen LogP contribution is -2.24. The normalized spacial score (nSPS) is 14.4. The molecule has 25 heavy (non-hydrogen) atoms. The molecule has 0 bridgehead atoms. The zero-order chi connectivity index (χ0) is 18.0. The van der Waals surface area contributed by atoms with Crippen LogP contribution in [0.25, 0.3) is 0 Å². The van der Waals surface area contributed by atoms with E-state index in [2.05, 4.69) is 5.32 Å². The minimum Gasteiger partial charge on any atom is -0.326 e. The van der Waals surface area contributed by atoms with Crippen molar-refractivity contribution >= 4 is 23.4 Å². The molecule has 2 aromatic rings. The molecule has 1 N–H and O–H groups in total. The van der Waals surface area contributed by atoms with Crippen LogP contribution < -0.4 is 5.32 Å². The van der Waals surface area contributed by atoms with Gasteiger partial charge in [-0.15, -0.1) is 0 Å². The molecular weight excluding hydrogens is 316 g/mol. The lowest BCUT2D eigenvalue weighted by atomic mass is 9.93. The third kappa shape index (κ3) is 3.18. The van der Waals surface area contributed by atoms with E-state index < -0.39 is 0 Å². The zero-order valence-corrected chi connectivity index (χ0v) is 14.3. The Morgan fingerprint density at radius 3 is 2.40 bits per heavy atom. The number of nitrogens with zero attached hydrogens (tertiary/aromatic N) is 1. The van der Waals surface area contributed by atoms with Crippen LogP contribution >= 0.6 is 0 Å². The number of benzene rings is 2. The van der Waals surface area contributed by atoms with E-state index in [0.717, 1.165) is 23.3 Å². The van der Waals surface area contributed by atoms with Gasteiger partial charge in [-0.3, -0.25) is 19.3 Å². The highest BCUT2D eigenvalue weighted by molar-refractivity contribution is 6.21. The van der Waals surface area contributed by atoms with Crippen molar-refractivity contribution in [2.75, 3.05) is 12.4 Å². The molecule has 5 nitrogen and oxygen atoms in total. The van der Waals surface area contributed by atoms with Crippen molar-refractivity contribution in [3.63, 3.8) is 0 Å². The third-order valence-electron chi connectivity index (χ3n) is 4.45. The van der Waals surface area contributed by atoms with Gasteiger partial charge in [0.2, 0.25) is 5.91 Å². The van der Waals surface area contributed by atoms with Gasteiger partial charge in [-0.05, 0) is 30.2 Å². The molecular formula is C20H20N2O3. The monoisotopic (exact) mass is 336 g/mol. The summed E-state index contributed by atoms with van der Waals surface area (Å²) in [4.78, 5) is 37.9. The van der Waals surface area contributed by atoms with E-state index in [-0.39, 0.29) is 23.6 Å². The molecule has 0 spiro atoms. The molecule has 128 valence electrons. The van der Waals surface area contributed by atoms with E-state index in [9.17, 15) is 14.4 Å². The molecule has 1 aliphatic heterocycles. The number of imide groups is 1. The van der Waals surface area contributed by atoms with Crippen LogP contribution in [0.1, 0.15) is 52.0 Å². The van der Waals surface area contributed by atoms with E-state index in [1.807, 2.05) is 37.3 Å². The Morgan fingerprint density at radius 2 is 1.72 bits per heavy atom. The maximum absolute atomic E-state index is 12.7. The second kappa shape index (κ2) is 6.89. The maximum atomic E-state index is 12.7. The summed E-state index contributed by atoms with van der Waals surface area (Å²) in [6.07, 6.45) is 1.62. The first-order valence-corrected chi connectivity index (χ1v) is 8.35. The van der Waals surface area contributed by atoms with Gasteiger partial charge in [0, 0.05) is 12.7 Å². The Bertz CT molecular complexity index is 830. The van der Waals surface area contributed by atoms with E-state index >= 15 is 0 Å². The number of anilines is 1. The number of carbonyl (C=O) groups is 3. The van der Waals surface area contributed by atoms with E-state index in [1.54, 1.807) is 18.2 Å². The third-order valence-corrected chi connectivity index (χ3v) is 4.45. The average molecular weight is 336 g/mol. The highest BCUT2D eigenvalue weighted by Gasteiger charge is 2.33. The minimum atomic E-state index is -0.343. The SMILES string of the molecule is CCC[C@H](C(=O)Nc1ccc2c(c1)C(=O)N(C)C2=O)c1ccccc1. The van der Waals surface area contributed by atoms with Crippen LogP contribution in [0.2, 0.25) is 0 Å². The molecule has 0 saturated carbocycles. The summed E-state index contributed by atoms with van der Waals surface area (Å²) in [5.74, 6) is -1.02. The van der Waals surface area contributed by atoms with Crippen LogP contribution in [0.5, 0.6) is 0 Å². The standard InChI is InChI=1S/C20H20N2O3/c1-3-7-15(13-8-5-4-6-9-13)18(23)21-14-10-11-16-17(12-14)20(25)22(2)19(16)24/h4-6,8-12,15H,3,7H2,1-2H3,(H,21,23)/t15-/m0/s1. The molecule has 0 saturated heterocycles. The quantitative estimate of drug-likeness (QED) is 0.851. The number of hydrogen-bond acceptors (Lipinski definition) is 3. The summed E-state index contributed by atoms with van der Waals surface area (Å²) in [6, 6.07) is 14.5. The highest BCUT2D eigenvalue weighted by Crippen LogP contribution is 2.27. The fraction of sp³-hybridized carbons (Fsp3) is 0.250. The van der Waals surface area contributed by atoms with Crippen molar-refractivity contribution in [3.8, 4) is 0 Å². The van der Waals surface area contributed by atoms with Crippen molar-refractivity contribution in [3.05, 3.63) is 65.2 Å². The van der Waals surface area contributed by atoms with Crippen molar-refractivity contribution < 1.29 is 14.4 Å². The Kier molecular flexibility index (Phi) is 4.65. The number of fused-ring (bicyclic) bond motifs is 1. The molecule has 0 unspecified atom stereocenters. The average Bonchev–Trinajstić information content (AvgIpc) is 2.84. The van der Waals surface area contributed by atoms with Crippen molar-refractivity contribution in [1.29, 1.82) is 0 Å². The van der Waals surface area contributed by atoms with Crippen LogP contribution in [-0.4, -0.2) is 29.7 Å². The van der Waals surface area contributed by atoms with Crippen LogP contribution in [0.3, 0.4) is 0 Å². The topological polar surface area (TPSA) is 66.5 Å². The molecule has 2 aromatic carbocycles. The molecule has 0 aliphatic carbocycles. The first-order chi connectivity index (χ1) is 12.0. The van der Waals surface area contributed by atoms with Gasteiger partial charge in [-0.25, -0.2) is 0 Å². The Balaban J connectivity index is 1.83. The fourth-order valence-electron chi connectivity index (χ4n) is 3.09. The summed E-state index contributed by atoms with van der Waals surface area (Å²) in [6.45, 7) is 2.04. The second-order valence-corrected chi connectivity index (χ2v) is 6.17. The predicted molar refractivity (Wildman–Crippen MR) is 95.6 cm³/mol. The van der Waals surface area contributed by atoms with Gasteiger partial charge >= 0.3 is 0 Å². The van der Waals surface area contributed by atoms with Gasteiger partial charge < -0.3 is 5.32 Å². The van der Waals surface area contributed by atoms with Crippen LogP contribution in [-0.2, 0) is 4.79 Å². The highest BCUT2D eigenvalue weighted by atomic mass is 16.2. The summed E-state index contributed by atoms with van der Waals surface area (Å²) >= 11 is 0. The molecule has 3 rings (SSSR count). The summed E-state index contributed by atoms with van der Waals surface area (Å²) < 4.78 is 0. The lowest BCUT2D eigenvalue weighted by Gasteiger charge is -2.17. The smallest absolute Gasteiger partial charge is 0.261 e. The summed E-state index contributed by atoms with van der Waals surface area (Å²) in [7, 11) is 1.45. The number of hydrogen-bond donors (Lipinski definition) is 1. The minimum absolute atomic E-state index is 0.113. The Hall–Kier alpha value is -2.95. The Labute approximate surface area is 146 Å². The molecule has 0 fully saturated rings. The van der Waals surface area contributed by atoms with E-state index in [4.69, 9.17) is 0 Å². The fourth-order valence-corrected chi connectivity index (χ4v) is 3.09. The van der Waals surface area contributed by atoms with Crippen LogP contribution in [0.15, 0.2) is 48.5 Å². The number of carbonyl (C=O) groups excluding carboxylic acids is 3. The van der Waals surface area contributed by atoms with Crippen molar-refractivity contribution in [1.82, 2.24) is 4.90 Å². The predicted octanol–water partition coefficient (Wildman–Crippen LogP) is 3.43. The van der Waals surface area contributed by atoms with Crippen LogP contribution in [0.4, 0.5) is 5.69 Å². The number of nitrogens with one attached hydrogen (secondary N) is 1. The second-order valence-electron chi connectivity index (χ2n) is 6.17. The van der Waals surface area contributed by atoms with Gasteiger partial charge in [-0.2, -0.15) is 0 Å². The van der Waals surface area contributed by atoms with Gasteiger partial charge in [0.1, 0.15) is 0 Å². The zero-order valence-electron chi connectivity index (χ0n) is 14.3. The number of rotatable bonds is 5. The maximum Gasteiger partial charge on any atom is 0.261 e. The van der Waals surface area contributed by atoms with Gasteiger partial charge in [0.15, 0.2) is 0 Å². The number of amides is 3.